The molecule has 0 aliphatic heterocycles. The highest BCUT2D eigenvalue weighted by atomic mass is 16.5. The van der Waals surface area contributed by atoms with E-state index in [2.05, 4.69) is 5.32 Å². The largest absolute Gasteiger partial charge is 0.493 e. The number of hydrogen-bond acceptors (Lipinski definition) is 5. The van der Waals surface area contributed by atoms with Crippen LogP contribution in [-0.4, -0.2) is 20.1 Å². The van der Waals surface area contributed by atoms with E-state index in [1.54, 1.807) is 44.4 Å². The Balaban J connectivity index is 2.15. The Bertz CT molecular complexity index is 634. The quantitative estimate of drug-likeness (QED) is 0.883. The first kappa shape index (κ1) is 14.9. The van der Waals surface area contributed by atoms with Crippen LogP contribution in [-0.2, 0) is 0 Å². The van der Waals surface area contributed by atoms with Gasteiger partial charge in [0.25, 0.3) is 5.91 Å². The molecule has 3 N–H and O–H groups in total. The van der Waals surface area contributed by atoms with Crippen LogP contribution in [0.25, 0.3) is 0 Å². The molecule has 1 aromatic heterocycles. The van der Waals surface area contributed by atoms with Crippen molar-refractivity contribution in [1.29, 1.82) is 0 Å². The number of benzene rings is 1. The van der Waals surface area contributed by atoms with E-state index >= 15 is 0 Å². The molecule has 21 heavy (non-hydrogen) atoms. The van der Waals surface area contributed by atoms with Crippen LogP contribution in [0.5, 0.6) is 11.5 Å². The predicted octanol–water partition coefficient (Wildman–Crippen LogP) is 2.57. The van der Waals surface area contributed by atoms with Crippen molar-refractivity contribution < 1.29 is 18.7 Å². The molecule has 2 aromatic rings. The highest BCUT2D eigenvalue weighted by molar-refractivity contribution is 6.02. The van der Waals surface area contributed by atoms with E-state index in [0.29, 0.717) is 22.9 Å². The average molecular weight is 290 g/mol. The second-order valence-electron chi connectivity index (χ2n) is 4.51. The average Bonchev–Trinajstić information content (AvgIpc) is 2.97. The summed E-state index contributed by atoms with van der Waals surface area (Å²) in [5, 5.41) is 2.73. The lowest BCUT2D eigenvalue weighted by Crippen LogP contribution is -2.11. The molecular formula is C15H18N2O4. The van der Waals surface area contributed by atoms with Gasteiger partial charge in [-0.3, -0.25) is 4.79 Å². The zero-order chi connectivity index (χ0) is 15.4. The molecule has 2 rings (SSSR count). The summed E-state index contributed by atoms with van der Waals surface area (Å²) in [6, 6.07) is 8.13. The lowest BCUT2D eigenvalue weighted by molar-refractivity contribution is 0.0994. The molecule has 0 bridgehead atoms. The second kappa shape index (κ2) is 6.32. The Morgan fingerprint density at radius 1 is 1.19 bits per heavy atom. The molecule has 112 valence electrons. The van der Waals surface area contributed by atoms with E-state index in [1.165, 1.54) is 7.11 Å². The first-order valence-electron chi connectivity index (χ1n) is 6.44. The monoisotopic (exact) mass is 290 g/mol. The molecule has 0 saturated carbocycles. The van der Waals surface area contributed by atoms with E-state index in [0.717, 1.165) is 0 Å². The maximum absolute atomic E-state index is 12.1. The molecule has 0 spiro atoms. The molecule has 1 unspecified atom stereocenters. The van der Waals surface area contributed by atoms with Crippen molar-refractivity contribution in [2.75, 3.05) is 19.5 Å². The first-order valence-corrected chi connectivity index (χ1v) is 6.44. The lowest BCUT2D eigenvalue weighted by atomic mass is 10.2. The van der Waals surface area contributed by atoms with E-state index in [4.69, 9.17) is 19.6 Å². The van der Waals surface area contributed by atoms with Gasteiger partial charge < -0.3 is 24.9 Å². The molecule has 0 radical (unpaired) electrons. The summed E-state index contributed by atoms with van der Waals surface area (Å²) in [6.45, 7) is 1.79. The number of ether oxygens (including phenoxy) is 2. The molecule has 0 fully saturated rings. The highest BCUT2D eigenvalue weighted by Crippen LogP contribution is 2.30. The van der Waals surface area contributed by atoms with Gasteiger partial charge in [0.15, 0.2) is 17.3 Å². The molecule has 1 atom stereocenters. The summed E-state index contributed by atoms with van der Waals surface area (Å²) < 4.78 is 15.7. The van der Waals surface area contributed by atoms with Gasteiger partial charge in [-0.25, -0.2) is 0 Å². The minimum atomic E-state index is -0.353. The summed E-state index contributed by atoms with van der Waals surface area (Å²) in [6.07, 6.45) is 0. The summed E-state index contributed by atoms with van der Waals surface area (Å²) in [5.41, 5.74) is 6.27. The van der Waals surface area contributed by atoms with Gasteiger partial charge in [-0.15, -0.1) is 0 Å². The summed E-state index contributed by atoms with van der Waals surface area (Å²) in [5.74, 6) is 1.54. The Labute approximate surface area is 122 Å². The van der Waals surface area contributed by atoms with Gasteiger partial charge in [0.05, 0.1) is 20.3 Å². The molecular weight excluding hydrogens is 272 g/mol. The van der Waals surface area contributed by atoms with Crippen molar-refractivity contribution in [3.63, 3.8) is 0 Å². The fourth-order valence-corrected chi connectivity index (χ4v) is 1.83. The SMILES string of the molecule is COc1ccc(NC(=O)c2ccc(C(C)N)o2)cc1OC. The Morgan fingerprint density at radius 3 is 2.48 bits per heavy atom. The Kier molecular flexibility index (Phi) is 4.49. The molecule has 0 saturated heterocycles. The molecule has 0 aliphatic rings. The summed E-state index contributed by atoms with van der Waals surface area (Å²) >= 11 is 0. The number of hydrogen-bond donors (Lipinski definition) is 2. The smallest absolute Gasteiger partial charge is 0.291 e. The Morgan fingerprint density at radius 2 is 1.90 bits per heavy atom. The maximum Gasteiger partial charge on any atom is 0.291 e. The third-order valence-electron chi connectivity index (χ3n) is 2.94. The number of methoxy groups -OCH3 is 2. The van der Waals surface area contributed by atoms with Gasteiger partial charge in [-0.05, 0) is 31.2 Å². The number of furan rings is 1. The normalized spacial score (nSPS) is 11.8. The van der Waals surface area contributed by atoms with Crippen LogP contribution in [0.2, 0.25) is 0 Å². The minimum Gasteiger partial charge on any atom is -0.493 e. The van der Waals surface area contributed by atoms with Crippen molar-refractivity contribution in [1.82, 2.24) is 0 Å². The zero-order valence-corrected chi connectivity index (χ0v) is 12.2. The van der Waals surface area contributed by atoms with Crippen molar-refractivity contribution in [3.8, 4) is 11.5 Å². The number of nitrogens with two attached hydrogens (primary N) is 1. The number of carbonyl (C=O) groups is 1. The molecule has 6 nitrogen and oxygen atoms in total. The standard InChI is InChI=1S/C15H18N2O4/c1-9(16)11-6-7-13(21-11)15(18)17-10-4-5-12(19-2)14(8-10)20-3/h4-9H,16H2,1-3H3,(H,17,18). The Hall–Kier alpha value is -2.47. The van der Waals surface area contributed by atoms with Gasteiger partial charge in [-0.1, -0.05) is 0 Å². The van der Waals surface area contributed by atoms with Gasteiger partial charge in [0.1, 0.15) is 5.76 Å². The molecule has 6 heteroatoms. The van der Waals surface area contributed by atoms with Crippen molar-refractivity contribution in [2.45, 2.75) is 13.0 Å². The van der Waals surface area contributed by atoms with Crippen LogP contribution in [0.3, 0.4) is 0 Å². The van der Waals surface area contributed by atoms with Crippen LogP contribution in [0.1, 0.15) is 29.3 Å². The number of carbonyl (C=O) groups excluding carboxylic acids is 1. The van der Waals surface area contributed by atoms with Crippen molar-refractivity contribution in [2.24, 2.45) is 5.73 Å². The van der Waals surface area contributed by atoms with E-state index < -0.39 is 0 Å². The highest BCUT2D eigenvalue weighted by Gasteiger charge is 2.14. The predicted molar refractivity (Wildman–Crippen MR) is 78.8 cm³/mol. The third kappa shape index (κ3) is 3.35. The maximum atomic E-state index is 12.1. The topological polar surface area (TPSA) is 86.7 Å². The second-order valence-corrected chi connectivity index (χ2v) is 4.51. The van der Waals surface area contributed by atoms with Crippen molar-refractivity contribution in [3.05, 3.63) is 41.9 Å². The van der Waals surface area contributed by atoms with Crippen LogP contribution in [0.15, 0.2) is 34.7 Å². The zero-order valence-electron chi connectivity index (χ0n) is 12.2. The van der Waals surface area contributed by atoms with Crippen LogP contribution in [0.4, 0.5) is 5.69 Å². The molecule has 1 amide bonds. The van der Waals surface area contributed by atoms with Crippen molar-refractivity contribution >= 4 is 11.6 Å². The first-order chi connectivity index (χ1) is 10.0. The van der Waals surface area contributed by atoms with Crippen LogP contribution >= 0.6 is 0 Å². The molecule has 1 aromatic carbocycles. The van der Waals surface area contributed by atoms with Crippen LogP contribution in [0, 0.1) is 0 Å². The molecule has 0 aliphatic carbocycles. The van der Waals surface area contributed by atoms with Crippen LogP contribution < -0.4 is 20.5 Å². The van der Waals surface area contributed by atoms with E-state index in [1.807, 2.05) is 0 Å². The van der Waals surface area contributed by atoms with Gasteiger partial charge >= 0.3 is 0 Å². The number of rotatable bonds is 5. The van der Waals surface area contributed by atoms with E-state index in [-0.39, 0.29) is 17.7 Å². The van der Waals surface area contributed by atoms with E-state index in [9.17, 15) is 4.79 Å². The lowest BCUT2D eigenvalue weighted by Gasteiger charge is -2.10. The number of amides is 1. The number of nitrogens with one attached hydrogen (secondary N) is 1. The van der Waals surface area contributed by atoms with Gasteiger partial charge in [0, 0.05) is 11.8 Å². The fourth-order valence-electron chi connectivity index (χ4n) is 1.83. The fraction of sp³-hybridized carbons (Fsp3) is 0.267. The summed E-state index contributed by atoms with van der Waals surface area (Å²) in [4.78, 5) is 12.1. The number of anilines is 1. The van der Waals surface area contributed by atoms with Gasteiger partial charge in [0.2, 0.25) is 0 Å². The molecule has 1 heterocycles. The van der Waals surface area contributed by atoms with Gasteiger partial charge in [-0.2, -0.15) is 0 Å². The minimum absolute atomic E-state index is 0.206. The summed E-state index contributed by atoms with van der Waals surface area (Å²) in [7, 11) is 3.08. The third-order valence-corrected chi connectivity index (χ3v) is 2.94.